The summed E-state index contributed by atoms with van der Waals surface area (Å²) in [6.45, 7) is 0.360. The van der Waals surface area contributed by atoms with Crippen molar-refractivity contribution < 1.29 is 22.7 Å². The largest absolute Gasteiger partial charge is 0.493 e. The minimum Gasteiger partial charge on any atom is -0.493 e. The Balaban J connectivity index is 1.35. The molecule has 4 N–H and O–H groups in total. The maximum Gasteiger partial charge on any atom is 0.238 e. The first-order valence-corrected chi connectivity index (χ1v) is 13.5. The van der Waals surface area contributed by atoms with Crippen LogP contribution in [-0.4, -0.2) is 38.0 Å². The molecule has 3 aromatic carbocycles. The van der Waals surface area contributed by atoms with Gasteiger partial charge in [0.25, 0.3) is 0 Å². The Kier molecular flexibility index (Phi) is 8.60. The number of nitrogens with zero attached hydrogens (tertiary/aromatic N) is 2. The molecule has 0 aliphatic heterocycles. The summed E-state index contributed by atoms with van der Waals surface area (Å²) in [4.78, 5) is 21.0. The van der Waals surface area contributed by atoms with Crippen LogP contribution in [0.3, 0.4) is 0 Å². The number of carbonyl (C=O) groups is 1. The summed E-state index contributed by atoms with van der Waals surface area (Å²) in [5.74, 6) is 4.07. The van der Waals surface area contributed by atoms with E-state index in [1.807, 2.05) is 30.3 Å². The number of sulfonamides is 1. The van der Waals surface area contributed by atoms with Gasteiger partial charge in [-0.15, -0.1) is 6.42 Å². The van der Waals surface area contributed by atoms with Crippen LogP contribution in [0, 0.1) is 12.3 Å². The molecule has 1 heterocycles. The molecule has 0 spiro atoms. The van der Waals surface area contributed by atoms with E-state index in [2.05, 4.69) is 26.5 Å². The highest BCUT2D eigenvalue weighted by molar-refractivity contribution is 7.89. The molecule has 1 amide bonds. The first-order chi connectivity index (χ1) is 18.8. The van der Waals surface area contributed by atoms with Crippen LogP contribution in [0.4, 0.5) is 17.2 Å². The van der Waals surface area contributed by atoms with Crippen molar-refractivity contribution in [3.63, 3.8) is 0 Å². The average molecular weight is 546 g/mol. The van der Waals surface area contributed by atoms with Gasteiger partial charge < -0.3 is 20.1 Å². The van der Waals surface area contributed by atoms with Crippen molar-refractivity contribution in [2.75, 3.05) is 24.4 Å². The maximum atomic E-state index is 12.3. The second-order valence-electron chi connectivity index (χ2n) is 8.52. The van der Waals surface area contributed by atoms with Gasteiger partial charge in [0.1, 0.15) is 12.1 Å². The standard InChI is InChI=1S/C28H27N5O5S/c1-3-19-7-6-8-21(15-19)33-28-23-16-26(25(37-2)17-24(23)30-18-31-28)38-14-5-4-9-27(34)32-20-10-12-22(13-11-20)39(29,35)36/h1,6-8,10-13,15-18H,4-5,9,14H2,2H3,(H,32,34)(H2,29,35,36)(H,30,31,33). The van der Waals surface area contributed by atoms with Crippen LogP contribution in [0.15, 0.2) is 71.9 Å². The minimum atomic E-state index is -3.78. The van der Waals surface area contributed by atoms with Crippen molar-refractivity contribution in [1.82, 2.24) is 9.97 Å². The number of anilines is 3. The van der Waals surface area contributed by atoms with E-state index < -0.39 is 10.0 Å². The van der Waals surface area contributed by atoms with Gasteiger partial charge in [-0.1, -0.05) is 12.0 Å². The number of terminal acetylenes is 1. The van der Waals surface area contributed by atoms with E-state index in [9.17, 15) is 13.2 Å². The van der Waals surface area contributed by atoms with Gasteiger partial charge in [0, 0.05) is 34.8 Å². The van der Waals surface area contributed by atoms with Crippen LogP contribution in [0.2, 0.25) is 0 Å². The Bertz CT molecular complexity index is 1630. The van der Waals surface area contributed by atoms with Crippen molar-refractivity contribution in [2.45, 2.75) is 24.2 Å². The van der Waals surface area contributed by atoms with E-state index >= 15 is 0 Å². The topological polar surface area (TPSA) is 146 Å². The second-order valence-corrected chi connectivity index (χ2v) is 10.1. The van der Waals surface area contributed by atoms with Crippen LogP contribution in [0.5, 0.6) is 11.5 Å². The second kappa shape index (κ2) is 12.3. The normalized spacial score (nSPS) is 11.0. The zero-order chi connectivity index (χ0) is 27.8. The van der Waals surface area contributed by atoms with Crippen LogP contribution >= 0.6 is 0 Å². The molecule has 0 saturated carbocycles. The maximum absolute atomic E-state index is 12.3. The molecule has 0 aliphatic rings. The zero-order valence-corrected chi connectivity index (χ0v) is 22.0. The lowest BCUT2D eigenvalue weighted by Gasteiger charge is -2.14. The van der Waals surface area contributed by atoms with Crippen molar-refractivity contribution in [1.29, 1.82) is 0 Å². The fourth-order valence-corrected chi connectivity index (χ4v) is 4.30. The number of nitrogens with two attached hydrogens (primary N) is 1. The molecule has 0 fully saturated rings. The summed E-state index contributed by atoms with van der Waals surface area (Å²) in [6, 6.07) is 16.7. The highest BCUT2D eigenvalue weighted by Gasteiger charge is 2.13. The molecule has 0 atom stereocenters. The lowest BCUT2D eigenvalue weighted by Crippen LogP contribution is -2.13. The molecule has 39 heavy (non-hydrogen) atoms. The Morgan fingerprint density at radius 3 is 2.54 bits per heavy atom. The summed E-state index contributed by atoms with van der Waals surface area (Å²) < 4.78 is 34.2. The third-order valence-corrected chi connectivity index (χ3v) is 6.66. The first-order valence-electron chi connectivity index (χ1n) is 12.0. The highest BCUT2D eigenvalue weighted by atomic mass is 32.2. The van der Waals surface area contributed by atoms with Crippen molar-refractivity contribution in [3.8, 4) is 23.8 Å². The molecule has 0 aliphatic carbocycles. The molecule has 11 heteroatoms. The number of nitrogens with one attached hydrogen (secondary N) is 2. The van der Waals surface area contributed by atoms with Gasteiger partial charge in [0.2, 0.25) is 15.9 Å². The number of rotatable bonds is 11. The third kappa shape index (κ3) is 7.22. The number of carbonyl (C=O) groups excluding carboxylic acids is 1. The highest BCUT2D eigenvalue weighted by Crippen LogP contribution is 2.35. The predicted octanol–water partition coefficient (Wildman–Crippen LogP) is 4.20. The molecule has 0 saturated heterocycles. The number of fused-ring (bicyclic) bond motifs is 1. The van der Waals surface area contributed by atoms with E-state index in [-0.39, 0.29) is 17.2 Å². The molecule has 0 bridgehead atoms. The van der Waals surface area contributed by atoms with Crippen LogP contribution in [-0.2, 0) is 14.8 Å². The molecule has 0 unspecified atom stereocenters. The van der Waals surface area contributed by atoms with Crippen molar-refractivity contribution in [2.24, 2.45) is 5.14 Å². The van der Waals surface area contributed by atoms with Gasteiger partial charge in [-0.3, -0.25) is 4.79 Å². The number of hydrogen-bond acceptors (Lipinski definition) is 8. The van der Waals surface area contributed by atoms with E-state index in [0.29, 0.717) is 48.0 Å². The number of unbranched alkanes of at least 4 members (excludes halogenated alkanes) is 1. The SMILES string of the molecule is C#Cc1cccc(Nc2ncnc3cc(OC)c(OCCCCC(=O)Nc4ccc(S(N)(=O)=O)cc4)cc23)c1. The number of methoxy groups -OCH3 is 1. The van der Waals surface area contributed by atoms with Gasteiger partial charge in [0.15, 0.2) is 11.5 Å². The minimum absolute atomic E-state index is 0.0191. The van der Waals surface area contributed by atoms with E-state index in [0.717, 1.165) is 16.6 Å². The molecule has 200 valence electrons. The quantitative estimate of drug-likeness (QED) is 0.188. The summed E-state index contributed by atoms with van der Waals surface area (Å²) in [6.07, 6.45) is 8.45. The number of hydrogen-bond donors (Lipinski definition) is 3. The molecule has 4 aromatic rings. The number of amides is 1. The first kappa shape index (κ1) is 27.4. The average Bonchev–Trinajstić information content (AvgIpc) is 2.92. The number of aromatic nitrogens is 2. The Morgan fingerprint density at radius 1 is 1.03 bits per heavy atom. The summed E-state index contributed by atoms with van der Waals surface area (Å²) >= 11 is 0. The Hall–Kier alpha value is -4.66. The van der Waals surface area contributed by atoms with E-state index in [4.69, 9.17) is 21.0 Å². The third-order valence-electron chi connectivity index (χ3n) is 5.74. The van der Waals surface area contributed by atoms with E-state index in [1.54, 1.807) is 13.2 Å². The molecule has 10 nitrogen and oxygen atoms in total. The van der Waals surface area contributed by atoms with Gasteiger partial charge in [0.05, 0.1) is 24.1 Å². The fraction of sp³-hybridized carbons (Fsp3) is 0.179. The predicted molar refractivity (Wildman–Crippen MR) is 150 cm³/mol. The molecule has 1 aromatic heterocycles. The van der Waals surface area contributed by atoms with E-state index in [1.165, 1.54) is 30.6 Å². The summed E-state index contributed by atoms with van der Waals surface area (Å²) in [5.41, 5.74) is 2.71. The monoisotopic (exact) mass is 545 g/mol. The fourth-order valence-electron chi connectivity index (χ4n) is 3.78. The number of ether oxygens (including phenoxy) is 2. The lowest BCUT2D eigenvalue weighted by molar-refractivity contribution is -0.116. The smallest absolute Gasteiger partial charge is 0.238 e. The molecule has 0 radical (unpaired) electrons. The van der Waals surface area contributed by atoms with Crippen LogP contribution in [0.25, 0.3) is 10.9 Å². The molecule has 4 rings (SSSR count). The Labute approximate surface area is 226 Å². The molecular formula is C28H27N5O5S. The zero-order valence-electron chi connectivity index (χ0n) is 21.2. The van der Waals surface area contributed by atoms with Crippen molar-refractivity contribution >= 4 is 44.0 Å². The van der Waals surface area contributed by atoms with Crippen LogP contribution < -0.4 is 25.2 Å². The van der Waals surface area contributed by atoms with Crippen LogP contribution in [0.1, 0.15) is 24.8 Å². The summed E-state index contributed by atoms with van der Waals surface area (Å²) in [5, 5.41) is 11.8. The van der Waals surface area contributed by atoms with Gasteiger partial charge in [-0.2, -0.15) is 0 Å². The summed E-state index contributed by atoms with van der Waals surface area (Å²) in [7, 11) is -2.23. The number of benzene rings is 3. The Morgan fingerprint density at radius 2 is 1.82 bits per heavy atom. The van der Waals surface area contributed by atoms with Gasteiger partial charge >= 0.3 is 0 Å². The van der Waals surface area contributed by atoms with Gasteiger partial charge in [-0.25, -0.2) is 23.5 Å². The molecular weight excluding hydrogens is 518 g/mol. The van der Waals surface area contributed by atoms with Gasteiger partial charge in [-0.05, 0) is 61.4 Å². The van der Waals surface area contributed by atoms with Crippen molar-refractivity contribution in [3.05, 3.63) is 72.6 Å². The lowest BCUT2D eigenvalue weighted by atomic mass is 10.2. The number of primary sulfonamides is 1.